The van der Waals surface area contributed by atoms with Crippen LogP contribution in [0.5, 0.6) is 0 Å². The summed E-state index contributed by atoms with van der Waals surface area (Å²) < 4.78 is 16.2. The van der Waals surface area contributed by atoms with Crippen LogP contribution < -0.4 is 0 Å². The number of ketones is 1. The number of benzene rings is 1. The second-order valence-corrected chi connectivity index (χ2v) is 8.32. The molecular formula is C27H40O6. The number of rotatable bonds is 19. The van der Waals surface area contributed by atoms with Gasteiger partial charge in [0, 0.05) is 13.5 Å². The maximum Gasteiger partial charge on any atom is 0.344 e. The second-order valence-electron chi connectivity index (χ2n) is 8.32. The normalized spacial score (nSPS) is 12.6. The number of hydrogen-bond donors (Lipinski definition) is 0. The van der Waals surface area contributed by atoms with Gasteiger partial charge in [-0.25, -0.2) is 9.59 Å². The maximum absolute atomic E-state index is 12.6. The molecule has 0 aliphatic heterocycles. The van der Waals surface area contributed by atoms with Gasteiger partial charge < -0.3 is 14.2 Å². The summed E-state index contributed by atoms with van der Waals surface area (Å²) >= 11 is 0. The summed E-state index contributed by atoms with van der Waals surface area (Å²) in [6.07, 6.45) is 8.34. The lowest BCUT2D eigenvalue weighted by Gasteiger charge is -2.21. The van der Waals surface area contributed by atoms with E-state index in [1.165, 1.54) is 13.5 Å². The summed E-state index contributed by atoms with van der Waals surface area (Å²) in [5.74, 6) is 1.09. The minimum Gasteiger partial charge on any atom is -0.465 e. The molecule has 2 unspecified atom stereocenters. The van der Waals surface area contributed by atoms with E-state index in [2.05, 4.69) is 23.8 Å². The van der Waals surface area contributed by atoms with Gasteiger partial charge in [-0.2, -0.15) is 0 Å². The van der Waals surface area contributed by atoms with E-state index in [-0.39, 0.29) is 17.5 Å². The minimum atomic E-state index is -0.636. The first kappa shape index (κ1) is 28.8. The number of carbonyl (C=O) groups excluding carboxylic acids is 3. The van der Waals surface area contributed by atoms with Crippen molar-refractivity contribution in [3.8, 4) is 0 Å². The zero-order chi connectivity index (χ0) is 24.3. The molecule has 1 aromatic rings. The number of hydrogen-bond acceptors (Lipinski definition) is 6. The van der Waals surface area contributed by atoms with E-state index in [0.717, 1.165) is 37.7 Å². The quantitative estimate of drug-likeness (QED) is 0.119. The highest BCUT2D eigenvalue weighted by molar-refractivity contribution is 5.96. The fraction of sp³-hybridized carbons (Fsp3) is 0.630. The number of methoxy groups -OCH3 is 2. The Balaban J connectivity index is 2.42. The molecule has 0 radical (unpaired) electrons. The monoisotopic (exact) mass is 460 g/mol. The fourth-order valence-corrected chi connectivity index (χ4v) is 3.73. The first-order valence-corrected chi connectivity index (χ1v) is 12.1. The molecule has 0 spiro atoms. The molecule has 0 fully saturated rings. The molecule has 0 aromatic heterocycles. The summed E-state index contributed by atoms with van der Waals surface area (Å²) in [6, 6.07) is 10.1. The van der Waals surface area contributed by atoms with E-state index in [1.54, 1.807) is 13.1 Å². The van der Waals surface area contributed by atoms with Gasteiger partial charge in [0.1, 0.15) is 17.6 Å². The van der Waals surface area contributed by atoms with Crippen molar-refractivity contribution in [2.75, 3.05) is 14.2 Å². The Bertz CT molecular complexity index is 723. The van der Waals surface area contributed by atoms with Crippen LogP contribution in [0.25, 0.3) is 0 Å². The van der Waals surface area contributed by atoms with Crippen LogP contribution in [0.4, 0.5) is 0 Å². The smallest absolute Gasteiger partial charge is 0.344 e. The van der Waals surface area contributed by atoms with Gasteiger partial charge in [-0.15, -0.1) is 0 Å². The molecule has 0 aliphatic rings. The van der Waals surface area contributed by atoms with Gasteiger partial charge >= 0.3 is 5.97 Å². The Hall–Kier alpha value is -2.27. The van der Waals surface area contributed by atoms with Crippen molar-refractivity contribution in [3.05, 3.63) is 41.5 Å². The van der Waals surface area contributed by atoms with Crippen molar-refractivity contribution in [1.29, 1.82) is 0 Å². The van der Waals surface area contributed by atoms with Crippen LogP contribution in [0, 0.1) is 0 Å². The lowest BCUT2D eigenvalue weighted by Crippen LogP contribution is -2.25. The van der Waals surface area contributed by atoms with Crippen molar-refractivity contribution in [1.82, 2.24) is 0 Å². The molecule has 0 heterocycles. The van der Waals surface area contributed by atoms with Gasteiger partial charge in [0.05, 0.1) is 19.8 Å². The van der Waals surface area contributed by atoms with Crippen LogP contribution in [0.15, 0.2) is 35.9 Å². The molecule has 1 aromatic carbocycles. The Morgan fingerprint density at radius 1 is 0.909 bits per heavy atom. The standard InChI is InChI=1S/C27H40O6/c1-4-5-8-16-24(33-21-22-13-9-6-10-14-22)18-19-26(31-2)25(29)17-12-7-11-15-23(20-28)27(30)32-3/h6,9-10,13-14,24,26H,4-5,7-8,11-12,15-19,21H2,1-3H3. The van der Waals surface area contributed by atoms with E-state index < -0.39 is 12.1 Å². The summed E-state index contributed by atoms with van der Waals surface area (Å²) in [4.78, 5) is 34.8. The minimum absolute atomic E-state index is 0.0169. The van der Waals surface area contributed by atoms with Gasteiger partial charge in [-0.1, -0.05) is 62.9 Å². The zero-order valence-corrected chi connectivity index (χ0v) is 20.5. The van der Waals surface area contributed by atoms with Crippen LogP contribution in [-0.2, 0) is 35.2 Å². The van der Waals surface area contributed by atoms with Gasteiger partial charge in [0.2, 0.25) is 0 Å². The average molecular weight is 461 g/mol. The predicted octanol–water partition coefficient (Wildman–Crippen LogP) is 5.40. The predicted molar refractivity (Wildman–Crippen MR) is 129 cm³/mol. The molecule has 0 saturated carbocycles. The third-order valence-electron chi connectivity index (χ3n) is 5.76. The highest BCUT2D eigenvalue weighted by atomic mass is 16.5. The molecule has 0 N–H and O–H groups in total. The molecule has 6 nitrogen and oxygen atoms in total. The highest BCUT2D eigenvalue weighted by Crippen LogP contribution is 2.18. The second kappa shape index (κ2) is 18.2. The molecule has 6 heteroatoms. The van der Waals surface area contributed by atoms with Crippen molar-refractivity contribution in [2.24, 2.45) is 0 Å². The van der Waals surface area contributed by atoms with Crippen molar-refractivity contribution in [2.45, 2.75) is 96.4 Å². The number of Topliss-reactive ketones (excluding diaryl/α,β-unsaturated/α-hetero) is 1. The summed E-state index contributed by atoms with van der Waals surface area (Å²) in [5, 5.41) is 0. The lowest BCUT2D eigenvalue weighted by atomic mass is 9.99. The lowest BCUT2D eigenvalue weighted by molar-refractivity contribution is -0.136. The summed E-state index contributed by atoms with van der Waals surface area (Å²) in [6.45, 7) is 2.76. The van der Waals surface area contributed by atoms with E-state index in [9.17, 15) is 14.4 Å². The first-order chi connectivity index (χ1) is 16.0. The molecule has 1 rings (SSSR count). The van der Waals surface area contributed by atoms with Crippen LogP contribution in [-0.4, -0.2) is 44.1 Å². The van der Waals surface area contributed by atoms with E-state index in [4.69, 9.17) is 9.47 Å². The SMILES string of the molecule is CCCCCC(CCC(OC)C(=O)CCCCCC(=C=O)C(=O)OC)OCc1ccccc1. The molecular weight excluding hydrogens is 420 g/mol. The average Bonchev–Trinajstić information content (AvgIpc) is 2.84. The van der Waals surface area contributed by atoms with Gasteiger partial charge in [-0.3, -0.25) is 4.79 Å². The summed E-state index contributed by atoms with van der Waals surface area (Å²) in [5.41, 5.74) is 1.17. The van der Waals surface area contributed by atoms with Gasteiger partial charge in [-0.05, 0) is 44.1 Å². The third-order valence-corrected chi connectivity index (χ3v) is 5.76. The Morgan fingerprint density at radius 2 is 1.64 bits per heavy atom. The molecule has 33 heavy (non-hydrogen) atoms. The molecule has 0 bridgehead atoms. The highest BCUT2D eigenvalue weighted by Gasteiger charge is 2.20. The first-order valence-electron chi connectivity index (χ1n) is 12.1. The topological polar surface area (TPSA) is 78.9 Å². The Labute approximate surface area is 198 Å². The molecule has 2 atom stereocenters. The number of ether oxygens (including phenoxy) is 3. The van der Waals surface area contributed by atoms with Crippen molar-refractivity contribution < 1.29 is 28.6 Å². The van der Waals surface area contributed by atoms with Crippen LogP contribution >= 0.6 is 0 Å². The van der Waals surface area contributed by atoms with Crippen LogP contribution in [0.2, 0.25) is 0 Å². The fourth-order valence-electron chi connectivity index (χ4n) is 3.73. The molecule has 0 amide bonds. The van der Waals surface area contributed by atoms with Crippen molar-refractivity contribution >= 4 is 17.7 Å². The molecule has 184 valence electrons. The van der Waals surface area contributed by atoms with E-state index in [0.29, 0.717) is 38.7 Å². The third kappa shape index (κ3) is 12.5. The zero-order valence-electron chi connectivity index (χ0n) is 20.5. The number of carbonyl (C=O) groups is 2. The molecule has 0 aliphatic carbocycles. The van der Waals surface area contributed by atoms with Crippen molar-refractivity contribution in [3.63, 3.8) is 0 Å². The largest absolute Gasteiger partial charge is 0.465 e. The summed E-state index contributed by atoms with van der Waals surface area (Å²) in [7, 11) is 2.82. The van der Waals surface area contributed by atoms with E-state index >= 15 is 0 Å². The Kier molecular flexibility index (Phi) is 15.9. The van der Waals surface area contributed by atoms with Gasteiger partial charge in [0.15, 0.2) is 5.78 Å². The number of esters is 1. The Morgan fingerprint density at radius 3 is 2.27 bits per heavy atom. The van der Waals surface area contributed by atoms with E-state index in [1.807, 2.05) is 18.2 Å². The van der Waals surface area contributed by atoms with Crippen LogP contribution in [0.1, 0.15) is 83.1 Å². The maximum atomic E-state index is 12.6. The van der Waals surface area contributed by atoms with Gasteiger partial charge in [0.25, 0.3) is 0 Å². The number of unbranched alkanes of at least 4 members (excludes halogenated alkanes) is 4. The molecule has 0 saturated heterocycles. The van der Waals surface area contributed by atoms with Crippen LogP contribution in [0.3, 0.4) is 0 Å².